The van der Waals surface area contributed by atoms with Crippen LogP contribution in [0.2, 0.25) is 0 Å². The fourth-order valence-corrected chi connectivity index (χ4v) is 2.97. The SMILES string of the molecule is COc1ccc(CC(C)(CN)N2CCOC(C)(C)C2)cc1. The molecule has 0 aromatic heterocycles. The van der Waals surface area contributed by atoms with Crippen molar-refractivity contribution in [3.63, 3.8) is 0 Å². The van der Waals surface area contributed by atoms with Crippen LogP contribution in [0.5, 0.6) is 5.75 Å². The first-order valence-electron chi connectivity index (χ1n) is 7.61. The molecule has 0 bridgehead atoms. The Balaban J connectivity index is 2.12. The highest BCUT2D eigenvalue weighted by Gasteiger charge is 2.37. The predicted octanol–water partition coefficient (Wildman–Crippen LogP) is 2.07. The zero-order valence-electron chi connectivity index (χ0n) is 13.7. The molecule has 4 nitrogen and oxygen atoms in total. The number of methoxy groups -OCH3 is 1. The van der Waals surface area contributed by atoms with Crippen molar-refractivity contribution in [1.82, 2.24) is 4.90 Å². The molecule has 1 aliphatic rings. The number of hydrogen-bond donors (Lipinski definition) is 1. The van der Waals surface area contributed by atoms with E-state index in [1.807, 2.05) is 12.1 Å². The Kier molecular flexibility index (Phi) is 4.91. The zero-order chi connectivity index (χ0) is 15.5. The van der Waals surface area contributed by atoms with Gasteiger partial charge >= 0.3 is 0 Å². The zero-order valence-corrected chi connectivity index (χ0v) is 13.7. The Hall–Kier alpha value is -1.10. The van der Waals surface area contributed by atoms with Crippen molar-refractivity contribution in [2.45, 2.75) is 38.3 Å². The second-order valence-corrected chi connectivity index (χ2v) is 6.76. The molecular weight excluding hydrogens is 264 g/mol. The van der Waals surface area contributed by atoms with E-state index in [0.29, 0.717) is 6.54 Å². The van der Waals surface area contributed by atoms with Gasteiger partial charge in [-0.3, -0.25) is 4.90 Å². The van der Waals surface area contributed by atoms with Gasteiger partial charge in [0.25, 0.3) is 0 Å². The van der Waals surface area contributed by atoms with Crippen LogP contribution in [0.1, 0.15) is 26.3 Å². The lowest BCUT2D eigenvalue weighted by Gasteiger charge is -2.48. The number of hydrogen-bond acceptors (Lipinski definition) is 4. The van der Waals surface area contributed by atoms with E-state index in [1.165, 1.54) is 5.56 Å². The highest BCUT2D eigenvalue weighted by molar-refractivity contribution is 5.28. The average molecular weight is 292 g/mol. The first-order chi connectivity index (χ1) is 9.88. The maximum absolute atomic E-state index is 6.12. The second kappa shape index (κ2) is 6.34. The predicted molar refractivity (Wildman–Crippen MR) is 85.8 cm³/mol. The molecule has 1 aromatic rings. The minimum atomic E-state index is -0.103. The summed E-state index contributed by atoms with van der Waals surface area (Å²) in [5, 5.41) is 0. The van der Waals surface area contributed by atoms with Crippen molar-refractivity contribution < 1.29 is 9.47 Å². The Morgan fingerprint density at radius 2 is 2.00 bits per heavy atom. The maximum atomic E-state index is 6.12. The van der Waals surface area contributed by atoms with Crippen molar-refractivity contribution in [3.05, 3.63) is 29.8 Å². The number of rotatable bonds is 5. The van der Waals surface area contributed by atoms with E-state index < -0.39 is 0 Å². The lowest BCUT2D eigenvalue weighted by Crippen LogP contribution is -2.61. The van der Waals surface area contributed by atoms with E-state index >= 15 is 0 Å². The fraction of sp³-hybridized carbons (Fsp3) is 0.647. The molecule has 1 aromatic carbocycles. The summed E-state index contributed by atoms with van der Waals surface area (Å²) >= 11 is 0. The highest BCUT2D eigenvalue weighted by atomic mass is 16.5. The van der Waals surface area contributed by atoms with E-state index in [0.717, 1.165) is 31.9 Å². The van der Waals surface area contributed by atoms with E-state index in [9.17, 15) is 0 Å². The molecule has 1 unspecified atom stereocenters. The van der Waals surface area contributed by atoms with E-state index in [4.69, 9.17) is 15.2 Å². The van der Waals surface area contributed by atoms with Crippen molar-refractivity contribution in [1.29, 1.82) is 0 Å². The normalized spacial score (nSPS) is 21.8. The summed E-state index contributed by atoms with van der Waals surface area (Å²) in [7, 11) is 1.69. The van der Waals surface area contributed by atoms with Gasteiger partial charge in [-0.1, -0.05) is 12.1 Å². The smallest absolute Gasteiger partial charge is 0.118 e. The van der Waals surface area contributed by atoms with Gasteiger partial charge in [0.2, 0.25) is 0 Å². The molecule has 0 amide bonds. The third kappa shape index (κ3) is 3.96. The molecule has 1 saturated heterocycles. The van der Waals surface area contributed by atoms with Gasteiger partial charge in [0.1, 0.15) is 5.75 Å². The summed E-state index contributed by atoms with van der Waals surface area (Å²) in [6.45, 7) is 9.79. The lowest BCUT2D eigenvalue weighted by molar-refractivity contribution is -0.112. The minimum absolute atomic E-state index is 0.0460. The molecule has 0 spiro atoms. The van der Waals surface area contributed by atoms with Crippen LogP contribution in [0.4, 0.5) is 0 Å². The third-order valence-corrected chi connectivity index (χ3v) is 4.37. The van der Waals surface area contributed by atoms with Crippen LogP contribution < -0.4 is 10.5 Å². The Bertz CT molecular complexity index is 458. The van der Waals surface area contributed by atoms with E-state index in [1.54, 1.807) is 7.11 Å². The summed E-state index contributed by atoms with van der Waals surface area (Å²) in [5.74, 6) is 0.890. The molecule has 1 atom stereocenters. The molecule has 4 heteroatoms. The van der Waals surface area contributed by atoms with Gasteiger partial charge in [0, 0.05) is 25.2 Å². The van der Waals surface area contributed by atoms with Gasteiger partial charge in [0.15, 0.2) is 0 Å². The lowest BCUT2D eigenvalue weighted by atomic mass is 9.89. The van der Waals surface area contributed by atoms with Crippen LogP contribution in [-0.2, 0) is 11.2 Å². The maximum Gasteiger partial charge on any atom is 0.118 e. The first kappa shape index (κ1) is 16.3. The van der Waals surface area contributed by atoms with Gasteiger partial charge in [-0.05, 0) is 44.9 Å². The fourth-order valence-electron chi connectivity index (χ4n) is 2.97. The molecule has 2 rings (SSSR count). The molecule has 21 heavy (non-hydrogen) atoms. The topological polar surface area (TPSA) is 47.7 Å². The first-order valence-corrected chi connectivity index (χ1v) is 7.61. The van der Waals surface area contributed by atoms with Gasteiger partial charge in [0.05, 0.1) is 19.3 Å². The van der Waals surface area contributed by atoms with Crippen LogP contribution >= 0.6 is 0 Å². The monoisotopic (exact) mass is 292 g/mol. The minimum Gasteiger partial charge on any atom is -0.497 e. The molecule has 2 N–H and O–H groups in total. The molecular formula is C17H28N2O2. The summed E-state index contributed by atoms with van der Waals surface area (Å²) < 4.78 is 11.0. The van der Waals surface area contributed by atoms with Gasteiger partial charge in [-0.2, -0.15) is 0 Å². The van der Waals surface area contributed by atoms with Crippen molar-refractivity contribution in [3.8, 4) is 5.75 Å². The highest BCUT2D eigenvalue weighted by Crippen LogP contribution is 2.27. The van der Waals surface area contributed by atoms with Gasteiger partial charge in [-0.25, -0.2) is 0 Å². The third-order valence-electron chi connectivity index (χ3n) is 4.37. The summed E-state index contributed by atoms with van der Waals surface area (Å²) in [4.78, 5) is 2.47. The van der Waals surface area contributed by atoms with Crippen molar-refractivity contribution >= 4 is 0 Å². The molecule has 1 heterocycles. The standard InChI is InChI=1S/C17H28N2O2/c1-16(2)13-19(9-10-21-16)17(3,12-18)11-14-5-7-15(20-4)8-6-14/h5-8H,9-13,18H2,1-4H3. The van der Waals surface area contributed by atoms with Crippen molar-refractivity contribution in [2.24, 2.45) is 5.73 Å². The second-order valence-electron chi connectivity index (χ2n) is 6.76. The number of benzene rings is 1. The Labute approximate surface area is 128 Å². The summed E-state index contributed by atoms with van der Waals surface area (Å²) in [6.07, 6.45) is 0.934. The molecule has 0 aliphatic carbocycles. The van der Waals surface area contributed by atoms with Crippen LogP contribution in [0.15, 0.2) is 24.3 Å². The molecule has 0 saturated carbocycles. The number of nitrogens with zero attached hydrogens (tertiary/aromatic N) is 1. The summed E-state index contributed by atoms with van der Waals surface area (Å²) in [5.41, 5.74) is 7.26. The number of nitrogens with two attached hydrogens (primary N) is 1. The molecule has 0 radical (unpaired) electrons. The number of ether oxygens (including phenoxy) is 2. The average Bonchev–Trinajstić information content (AvgIpc) is 2.47. The molecule has 1 fully saturated rings. The van der Waals surface area contributed by atoms with E-state index in [-0.39, 0.29) is 11.1 Å². The quantitative estimate of drug-likeness (QED) is 0.902. The largest absolute Gasteiger partial charge is 0.497 e. The number of morpholine rings is 1. The van der Waals surface area contributed by atoms with Crippen LogP contribution in [0, 0.1) is 0 Å². The van der Waals surface area contributed by atoms with E-state index in [2.05, 4.69) is 37.8 Å². The van der Waals surface area contributed by atoms with Crippen LogP contribution in [0.3, 0.4) is 0 Å². The van der Waals surface area contributed by atoms with Gasteiger partial charge < -0.3 is 15.2 Å². The molecule has 118 valence electrons. The van der Waals surface area contributed by atoms with Crippen LogP contribution in [-0.4, -0.2) is 49.4 Å². The Morgan fingerprint density at radius 1 is 1.33 bits per heavy atom. The van der Waals surface area contributed by atoms with Crippen LogP contribution in [0.25, 0.3) is 0 Å². The Morgan fingerprint density at radius 3 is 2.52 bits per heavy atom. The molecule has 1 aliphatic heterocycles. The van der Waals surface area contributed by atoms with Crippen molar-refractivity contribution in [2.75, 3.05) is 33.4 Å². The van der Waals surface area contributed by atoms with Gasteiger partial charge in [-0.15, -0.1) is 0 Å². The summed E-state index contributed by atoms with van der Waals surface area (Å²) in [6, 6.07) is 8.27.